The topological polar surface area (TPSA) is 60.4 Å². The molecule has 0 unspecified atom stereocenters. The smallest absolute Gasteiger partial charge is 0.306 e. The number of carbonyl (C=O) groups is 3. The molecular formula is C16H22O4. The number of esters is 1. The molecule has 1 saturated heterocycles. The fourth-order valence-electron chi connectivity index (χ4n) is 3.36. The second kappa shape index (κ2) is 5.51. The van der Waals surface area contributed by atoms with Gasteiger partial charge in [0.25, 0.3) is 0 Å². The summed E-state index contributed by atoms with van der Waals surface area (Å²) in [5, 5.41) is 0. The van der Waals surface area contributed by atoms with E-state index in [4.69, 9.17) is 4.74 Å². The molecule has 1 aliphatic heterocycles. The number of carbonyl (C=O) groups excluding carboxylic acids is 3. The third-order valence-corrected chi connectivity index (χ3v) is 4.85. The Labute approximate surface area is 119 Å². The first-order valence-electron chi connectivity index (χ1n) is 7.23. The Hall–Kier alpha value is -1.45. The lowest BCUT2D eigenvalue weighted by Crippen LogP contribution is -2.35. The zero-order valence-corrected chi connectivity index (χ0v) is 12.5. The molecule has 0 saturated carbocycles. The molecule has 2 bridgehead atoms. The molecule has 1 fully saturated rings. The van der Waals surface area contributed by atoms with Crippen molar-refractivity contribution in [2.45, 2.75) is 52.9 Å². The number of hydrogen-bond donors (Lipinski definition) is 0. The average Bonchev–Trinajstić information content (AvgIpc) is 2.38. The highest BCUT2D eigenvalue weighted by Crippen LogP contribution is 2.47. The molecule has 4 heteroatoms. The quantitative estimate of drug-likeness (QED) is 0.639. The van der Waals surface area contributed by atoms with Gasteiger partial charge in [0.2, 0.25) is 0 Å². The summed E-state index contributed by atoms with van der Waals surface area (Å²) in [5.41, 5.74) is 1.76. The van der Waals surface area contributed by atoms with Crippen molar-refractivity contribution in [1.29, 1.82) is 0 Å². The van der Waals surface area contributed by atoms with Crippen molar-refractivity contribution in [2.24, 2.45) is 11.3 Å². The second-order valence-corrected chi connectivity index (χ2v) is 6.39. The molecule has 0 aromatic heterocycles. The molecule has 0 aromatic carbocycles. The Morgan fingerprint density at radius 2 is 1.80 bits per heavy atom. The van der Waals surface area contributed by atoms with Gasteiger partial charge in [-0.2, -0.15) is 0 Å². The van der Waals surface area contributed by atoms with Crippen LogP contribution in [-0.4, -0.2) is 24.1 Å². The minimum Gasteiger partial charge on any atom is -0.458 e. The predicted molar refractivity (Wildman–Crippen MR) is 74.0 cm³/mol. The third kappa shape index (κ3) is 2.84. The molecule has 20 heavy (non-hydrogen) atoms. The van der Waals surface area contributed by atoms with Crippen molar-refractivity contribution in [1.82, 2.24) is 0 Å². The number of cyclic esters (lactones) is 1. The highest BCUT2D eigenvalue weighted by molar-refractivity contribution is 5.97. The van der Waals surface area contributed by atoms with Gasteiger partial charge in [-0.25, -0.2) is 0 Å². The third-order valence-electron chi connectivity index (χ3n) is 4.85. The largest absolute Gasteiger partial charge is 0.458 e. The molecule has 0 amide bonds. The first kappa shape index (κ1) is 14.9. The van der Waals surface area contributed by atoms with Crippen LogP contribution in [0.5, 0.6) is 0 Å². The van der Waals surface area contributed by atoms with E-state index in [0.29, 0.717) is 25.7 Å². The summed E-state index contributed by atoms with van der Waals surface area (Å²) < 4.78 is 4.97. The van der Waals surface area contributed by atoms with Gasteiger partial charge >= 0.3 is 5.97 Å². The molecule has 0 aromatic rings. The lowest BCUT2D eigenvalue weighted by molar-refractivity contribution is -0.148. The summed E-state index contributed by atoms with van der Waals surface area (Å²) >= 11 is 0. The van der Waals surface area contributed by atoms with E-state index in [9.17, 15) is 14.4 Å². The lowest BCUT2D eigenvalue weighted by atomic mass is 9.62. The van der Waals surface area contributed by atoms with Crippen LogP contribution in [-0.2, 0) is 19.1 Å². The van der Waals surface area contributed by atoms with Gasteiger partial charge in [0.1, 0.15) is 6.61 Å². The van der Waals surface area contributed by atoms with Crippen LogP contribution in [0.25, 0.3) is 0 Å². The molecule has 2 rings (SSSR count). The van der Waals surface area contributed by atoms with E-state index in [2.05, 4.69) is 13.8 Å². The minimum atomic E-state index is -0.337. The van der Waals surface area contributed by atoms with Crippen molar-refractivity contribution in [3.8, 4) is 0 Å². The number of rotatable bonds is 0. The highest BCUT2D eigenvalue weighted by Gasteiger charge is 2.40. The molecule has 110 valence electrons. The average molecular weight is 278 g/mol. The van der Waals surface area contributed by atoms with Gasteiger partial charge in [0, 0.05) is 19.3 Å². The van der Waals surface area contributed by atoms with E-state index in [-0.39, 0.29) is 41.9 Å². The van der Waals surface area contributed by atoms with Crippen LogP contribution in [0.15, 0.2) is 11.1 Å². The molecule has 1 atom stereocenters. The number of Topliss-reactive ketones (excluding diaryl/α,β-unsaturated/α-hetero) is 2. The molecule has 4 nitrogen and oxygen atoms in total. The van der Waals surface area contributed by atoms with Crippen molar-refractivity contribution < 1.29 is 19.1 Å². The van der Waals surface area contributed by atoms with Gasteiger partial charge in [-0.1, -0.05) is 19.4 Å². The summed E-state index contributed by atoms with van der Waals surface area (Å²) in [6, 6.07) is 0. The van der Waals surface area contributed by atoms with Crippen LogP contribution in [0, 0.1) is 11.3 Å². The standard InChI is InChI=1S/C16H22O4/c1-10-13-6-5-12(17)9-20-15(19)7-4-11(8-14(10)18)16(13,2)3/h11H,4-9H2,1-3H3/t11-/m1/s1. The molecular weight excluding hydrogens is 256 g/mol. The number of allylic oxidation sites excluding steroid dienone is 2. The SMILES string of the molecule is CC1=C2CCC(=O)COC(=O)CC[C@H](CC1=O)C2(C)C. The number of ketones is 2. The van der Waals surface area contributed by atoms with E-state index in [1.807, 2.05) is 6.92 Å². The summed E-state index contributed by atoms with van der Waals surface area (Å²) in [4.78, 5) is 35.5. The number of ether oxygens (including phenoxy) is 1. The number of fused-ring (bicyclic) bond motifs is 2. The highest BCUT2D eigenvalue weighted by atomic mass is 16.5. The van der Waals surface area contributed by atoms with Crippen LogP contribution < -0.4 is 0 Å². The molecule has 2 aliphatic rings. The minimum absolute atomic E-state index is 0.0778. The molecule has 0 spiro atoms. The maximum absolute atomic E-state index is 12.1. The molecule has 0 N–H and O–H groups in total. The van der Waals surface area contributed by atoms with E-state index in [0.717, 1.165) is 11.1 Å². The Balaban J connectivity index is 2.37. The van der Waals surface area contributed by atoms with Crippen LogP contribution >= 0.6 is 0 Å². The van der Waals surface area contributed by atoms with Crippen LogP contribution in [0.3, 0.4) is 0 Å². The number of hydrogen-bond acceptors (Lipinski definition) is 4. The second-order valence-electron chi connectivity index (χ2n) is 6.39. The van der Waals surface area contributed by atoms with Gasteiger partial charge < -0.3 is 4.74 Å². The van der Waals surface area contributed by atoms with E-state index >= 15 is 0 Å². The van der Waals surface area contributed by atoms with Crippen molar-refractivity contribution in [3.63, 3.8) is 0 Å². The fourth-order valence-corrected chi connectivity index (χ4v) is 3.36. The summed E-state index contributed by atoms with van der Waals surface area (Å²) in [6.07, 6.45) is 2.34. The maximum Gasteiger partial charge on any atom is 0.306 e. The normalized spacial score (nSPS) is 27.9. The Morgan fingerprint density at radius 3 is 2.50 bits per heavy atom. The van der Waals surface area contributed by atoms with Gasteiger partial charge in [-0.15, -0.1) is 0 Å². The summed E-state index contributed by atoms with van der Waals surface area (Å²) in [6.45, 7) is 5.97. The zero-order chi connectivity index (χ0) is 14.9. The Kier molecular flexibility index (Phi) is 4.11. The van der Waals surface area contributed by atoms with Crippen LogP contribution in [0.4, 0.5) is 0 Å². The van der Waals surface area contributed by atoms with Crippen molar-refractivity contribution in [3.05, 3.63) is 11.1 Å². The van der Waals surface area contributed by atoms with E-state index < -0.39 is 0 Å². The van der Waals surface area contributed by atoms with E-state index in [1.165, 1.54) is 0 Å². The van der Waals surface area contributed by atoms with Crippen LogP contribution in [0.2, 0.25) is 0 Å². The van der Waals surface area contributed by atoms with Gasteiger partial charge in [0.05, 0.1) is 0 Å². The zero-order valence-electron chi connectivity index (χ0n) is 12.5. The maximum atomic E-state index is 12.1. The Bertz CT molecular complexity index is 485. The predicted octanol–water partition coefficient (Wildman–Crippen LogP) is 2.60. The van der Waals surface area contributed by atoms with Gasteiger partial charge in [-0.05, 0) is 36.7 Å². The van der Waals surface area contributed by atoms with Crippen molar-refractivity contribution >= 4 is 17.5 Å². The van der Waals surface area contributed by atoms with Crippen molar-refractivity contribution in [2.75, 3.05) is 6.61 Å². The van der Waals surface area contributed by atoms with Crippen LogP contribution in [0.1, 0.15) is 52.9 Å². The first-order chi connectivity index (χ1) is 9.32. The first-order valence-corrected chi connectivity index (χ1v) is 7.23. The summed E-state index contributed by atoms with van der Waals surface area (Å²) in [7, 11) is 0. The molecule has 1 heterocycles. The van der Waals surface area contributed by atoms with Gasteiger partial charge in [0.15, 0.2) is 11.6 Å². The van der Waals surface area contributed by atoms with Gasteiger partial charge in [-0.3, -0.25) is 14.4 Å². The fraction of sp³-hybridized carbons (Fsp3) is 0.688. The molecule has 1 aliphatic carbocycles. The van der Waals surface area contributed by atoms with E-state index in [1.54, 1.807) is 0 Å². The monoisotopic (exact) mass is 278 g/mol. The summed E-state index contributed by atoms with van der Waals surface area (Å²) in [5.74, 6) is -0.110. The molecule has 0 radical (unpaired) electrons. The lowest BCUT2D eigenvalue weighted by Gasteiger charge is -2.41. The Morgan fingerprint density at radius 1 is 1.10 bits per heavy atom.